The van der Waals surface area contributed by atoms with Crippen molar-refractivity contribution in [3.8, 4) is 5.69 Å². The number of rotatable bonds is 10. The van der Waals surface area contributed by atoms with Gasteiger partial charge in [0.25, 0.3) is 5.91 Å². The van der Waals surface area contributed by atoms with Gasteiger partial charge in [-0.05, 0) is 73.8 Å². The second kappa shape index (κ2) is 12.1. The van der Waals surface area contributed by atoms with Crippen LogP contribution in [0.3, 0.4) is 0 Å². The number of carbonyl (C=O) groups excluding carboxylic acids is 1. The molecule has 0 aliphatic heterocycles. The van der Waals surface area contributed by atoms with Crippen LogP contribution in [0.5, 0.6) is 0 Å². The smallest absolute Gasteiger partial charge is 0.251 e. The van der Waals surface area contributed by atoms with Gasteiger partial charge in [0.2, 0.25) is 5.95 Å². The quantitative estimate of drug-likeness (QED) is 0.306. The highest BCUT2D eigenvalue weighted by Gasteiger charge is 2.16. The maximum absolute atomic E-state index is 12.5. The third kappa shape index (κ3) is 5.99. The maximum Gasteiger partial charge on any atom is 0.251 e. The van der Waals surface area contributed by atoms with E-state index in [-0.39, 0.29) is 5.91 Å². The molecule has 2 heterocycles. The van der Waals surface area contributed by atoms with Crippen LogP contribution >= 0.6 is 0 Å². The lowest BCUT2D eigenvalue weighted by molar-refractivity contribution is 0.0949. The number of nitrogens with one attached hydrogen (secondary N) is 2. The molecule has 2 aromatic carbocycles. The number of hydrogen-bond donors (Lipinski definition) is 2. The Kier molecular flexibility index (Phi) is 8.23. The molecule has 38 heavy (non-hydrogen) atoms. The van der Waals surface area contributed by atoms with Crippen LogP contribution in [0.1, 0.15) is 67.8 Å². The van der Waals surface area contributed by atoms with Crippen molar-refractivity contribution in [2.24, 2.45) is 0 Å². The summed E-state index contributed by atoms with van der Waals surface area (Å²) in [6.45, 7) is 7.66. The second-order valence-corrected chi connectivity index (χ2v) is 9.82. The van der Waals surface area contributed by atoms with Crippen molar-refractivity contribution in [3.05, 3.63) is 65.9 Å². The van der Waals surface area contributed by atoms with Crippen molar-refractivity contribution in [2.45, 2.75) is 51.9 Å². The molecule has 0 spiro atoms. The summed E-state index contributed by atoms with van der Waals surface area (Å²) in [5.74, 6) is 1.02. The van der Waals surface area contributed by atoms with E-state index in [0.29, 0.717) is 35.1 Å². The fourth-order valence-electron chi connectivity index (χ4n) is 5.09. The molecule has 4 aromatic rings. The molecule has 1 aliphatic rings. The fourth-order valence-corrected chi connectivity index (χ4v) is 5.09. The largest absolute Gasteiger partial charge is 0.351 e. The lowest BCUT2D eigenvalue weighted by atomic mass is 9.84. The summed E-state index contributed by atoms with van der Waals surface area (Å²) in [5.41, 5.74) is 5.00. The normalized spacial score (nSPS) is 14.2. The molecular formula is C29H36N8O. The minimum atomic E-state index is -0.0779. The fraction of sp³-hybridized carbons (Fsp3) is 0.414. The standard InChI is InChI=1S/C29H36N8O/c1-3-36(4-2)19-18-30-28(38)23-10-14-24(15-11-23)32-29-31-20-26-27(33-29)37(35-34-26)25-16-12-22(13-17-25)21-8-6-5-7-9-21/h10-17,20-21H,3-9,18-19H2,1-2H3,(H,30,38)(H,31,32,33). The second-order valence-electron chi connectivity index (χ2n) is 9.82. The molecule has 198 valence electrons. The van der Waals surface area contributed by atoms with Gasteiger partial charge in [-0.15, -0.1) is 5.10 Å². The first-order valence-electron chi connectivity index (χ1n) is 13.7. The van der Waals surface area contributed by atoms with Gasteiger partial charge >= 0.3 is 0 Å². The number of benzene rings is 2. The van der Waals surface area contributed by atoms with Crippen molar-refractivity contribution in [3.63, 3.8) is 0 Å². The van der Waals surface area contributed by atoms with Crippen LogP contribution in [0.4, 0.5) is 11.6 Å². The van der Waals surface area contributed by atoms with Crippen LogP contribution in [0.2, 0.25) is 0 Å². The molecule has 0 bridgehead atoms. The zero-order chi connectivity index (χ0) is 26.3. The lowest BCUT2D eigenvalue weighted by Crippen LogP contribution is -2.34. The first-order valence-corrected chi connectivity index (χ1v) is 13.7. The lowest BCUT2D eigenvalue weighted by Gasteiger charge is -2.22. The Balaban J connectivity index is 1.25. The molecule has 9 nitrogen and oxygen atoms in total. The van der Waals surface area contributed by atoms with Crippen LogP contribution in [0.25, 0.3) is 16.9 Å². The van der Waals surface area contributed by atoms with Crippen molar-refractivity contribution in [1.29, 1.82) is 0 Å². The van der Waals surface area contributed by atoms with E-state index in [9.17, 15) is 4.79 Å². The third-order valence-corrected chi connectivity index (χ3v) is 7.42. The Bertz CT molecular complexity index is 1340. The molecule has 1 aliphatic carbocycles. The van der Waals surface area contributed by atoms with Gasteiger partial charge in [0.05, 0.1) is 11.9 Å². The average Bonchev–Trinajstić information content (AvgIpc) is 3.39. The van der Waals surface area contributed by atoms with Gasteiger partial charge < -0.3 is 15.5 Å². The van der Waals surface area contributed by atoms with E-state index in [1.54, 1.807) is 23.0 Å². The summed E-state index contributed by atoms with van der Waals surface area (Å²) < 4.78 is 1.75. The van der Waals surface area contributed by atoms with Gasteiger partial charge in [0.1, 0.15) is 0 Å². The first-order chi connectivity index (χ1) is 18.6. The molecule has 1 amide bonds. The highest BCUT2D eigenvalue weighted by atomic mass is 16.1. The SMILES string of the molecule is CCN(CC)CCNC(=O)c1ccc(Nc2ncc3nnn(-c4ccc(C5CCCCC5)cc4)c3n2)cc1. The van der Waals surface area contributed by atoms with Crippen molar-refractivity contribution < 1.29 is 4.79 Å². The van der Waals surface area contributed by atoms with E-state index >= 15 is 0 Å². The molecular weight excluding hydrogens is 476 g/mol. The number of anilines is 2. The Morgan fingerprint density at radius 1 is 1.00 bits per heavy atom. The maximum atomic E-state index is 12.5. The van der Waals surface area contributed by atoms with Gasteiger partial charge in [0.15, 0.2) is 11.2 Å². The molecule has 0 unspecified atom stereocenters. The van der Waals surface area contributed by atoms with Crippen molar-refractivity contribution in [1.82, 2.24) is 35.2 Å². The molecule has 2 aromatic heterocycles. The number of hydrogen-bond acceptors (Lipinski definition) is 7. The summed E-state index contributed by atoms with van der Waals surface area (Å²) in [5, 5.41) is 14.8. The molecule has 0 radical (unpaired) electrons. The van der Waals surface area contributed by atoms with Crippen LogP contribution in [-0.4, -0.2) is 61.9 Å². The van der Waals surface area contributed by atoms with Gasteiger partial charge in [-0.2, -0.15) is 9.67 Å². The molecule has 9 heteroatoms. The topological polar surface area (TPSA) is 101 Å². The molecule has 1 fully saturated rings. The highest BCUT2D eigenvalue weighted by molar-refractivity contribution is 5.94. The van der Waals surface area contributed by atoms with Crippen LogP contribution in [0, 0.1) is 0 Å². The van der Waals surface area contributed by atoms with Crippen molar-refractivity contribution >= 4 is 28.7 Å². The molecule has 0 atom stereocenters. The number of nitrogens with zero attached hydrogens (tertiary/aromatic N) is 6. The number of carbonyl (C=O) groups is 1. The van der Waals surface area contributed by atoms with E-state index in [2.05, 4.69) is 73.9 Å². The van der Waals surface area contributed by atoms with Crippen LogP contribution in [0.15, 0.2) is 54.7 Å². The van der Waals surface area contributed by atoms with Crippen molar-refractivity contribution in [2.75, 3.05) is 31.5 Å². The zero-order valence-corrected chi connectivity index (χ0v) is 22.2. The minimum absolute atomic E-state index is 0.0779. The van der Waals surface area contributed by atoms with Gasteiger partial charge in [-0.1, -0.05) is 50.5 Å². The Hall–Kier alpha value is -3.85. The van der Waals surface area contributed by atoms with Gasteiger partial charge in [0, 0.05) is 24.3 Å². The molecule has 1 saturated carbocycles. The average molecular weight is 513 g/mol. The monoisotopic (exact) mass is 512 g/mol. The first kappa shape index (κ1) is 25.8. The number of fused-ring (bicyclic) bond motifs is 1. The number of likely N-dealkylation sites (N-methyl/N-ethyl adjacent to an activating group) is 1. The van der Waals surface area contributed by atoms with Gasteiger partial charge in [-0.25, -0.2) is 4.98 Å². The molecule has 2 N–H and O–H groups in total. The Morgan fingerprint density at radius 2 is 1.74 bits per heavy atom. The van der Waals surface area contributed by atoms with Gasteiger partial charge in [-0.3, -0.25) is 4.79 Å². The molecule has 0 saturated heterocycles. The third-order valence-electron chi connectivity index (χ3n) is 7.42. The predicted octanol–water partition coefficient (Wildman–Crippen LogP) is 5.07. The minimum Gasteiger partial charge on any atom is -0.351 e. The summed E-state index contributed by atoms with van der Waals surface area (Å²) in [6, 6.07) is 15.9. The zero-order valence-electron chi connectivity index (χ0n) is 22.2. The summed E-state index contributed by atoms with van der Waals surface area (Å²) in [6.07, 6.45) is 8.21. The number of aromatic nitrogens is 5. The van der Waals surface area contributed by atoms with Crippen LogP contribution < -0.4 is 10.6 Å². The summed E-state index contributed by atoms with van der Waals surface area (Å²) >= 11 is 0. The Labute approximate surface area is 223 Å². The van der Waals surface area contributed by atoms with E-state index < -0.39 is 0 Å². The highest BCUT2D eigenvalue weighted by Crippen LogP contribution is 2.33. The van der Waals surface area contributed by atoms with E-state index in [0.717, 1.165) is 31.0 Å². The summed E-state index contributed by atoms with van der Waals surface area (Å²) in [4.78, 5) is 23.8. The van der Waals surface area contributed by atoms with E-state index in [1.807, 2.05) is 12.1 Å². The van der Waals surface area contributed by atoms with E-state index in [1.165, 1.54) is 37.7 Å². The van der Waals surface area contributed by atoms with E-state index in [4.69, 9.17) is 0 Å². The molecule has 5 rings (SSSR count). The predicted molar refractivity (Wildman–Crippen MR) is 150 cm³/mol. The Morgan fingerprint density at radius 3 is 2.45 bits per heavy atom. The summed E-state index contributed by atoms with van der Waals surface area (Å²) in [7, 11) is 0. The van der Waals surface area contributed by atoms with Crippen LogP contribution in [-0.2, 0) is 0 Å². The number of amides is 1.